The van der Waals surface area contributed by atoms with Gasteiger partial charge in [-0.15, -0.1) is 11.8 Å². The summed E-state index contributed by atoms with van der Waals surface area (Å²) < 4.78 is 27.0. The fourth-order valence-electron chi connectivity index (χ4n) is 3.32. The van der Waals surface area contributed by atoms with Crippen molar-refractivity contribution in [2.45, 2.75) is 37.6 Å². The molecule has 4 nitrogen and oxygen atoms in total. The van der Waals surface area contributed by atoms with Crippen molar-refractivity contribution >= 4 is 23.6 Å². The highest BCUT2D eigenvalue weighted by molar-refractivity contribution is 7.99. The molecule has 2 aromatic carbocycles. The van der Waals surface area contributed by atoms with E-state index in [9.17, 15) is 18.4 Å². The van der Waals surface area contributed by atoms with Crippen molar-refractivity contribution in [1.82, 2.24) is 10.2 Å². The van der Waals surface area contributed by atoms with Gasteiger partial charge in [-0.3, -0.25) is 9.59 Å². The lowest BCUT2D eigenvalue weighted by Gasteiger charge is -2.29. The molecule has 3 rings (SSSR count). The van der Waals surface area contributed by atoms with Crippen LogP contribution in [0.25, 0.3) is 0 Å². The zero-order valence-corrected chi connectivity index (χ0v) is 17.1. The number of nitrogens with one attached hydrogen (secondary N) is 1. The van der Waals surface area contributed by atoms with E-state index in [4.69, 9.17) is 0 Å². The van der Waals surface area contributed by atoms with E-state index in [1.165, 1.54) is 53.1 Å². The van der Waals surface area contributed by atoms with Crippen LogP contribution in [0.3, 0.4) is 0 Å². The average Bonchev–Trinajstić information content (AvgIpc) is 3.16. The summed E-state index contributed by atoms with van der Waals surface area (Å²) in [5.41, 5.74) is 0.908. The minimum atomic E-state index is -0.674. The number of carbonyl (C=O) groups excluding carboxylic acids is 2. The monoisotopic (exact) mass is 418 g/mol. The Morgan fingerprint density at radius 2 is 1.86 bits per heavy atom. The topological polar surface area (TPSA) is 49.4 Å². The summed E-state index contributed by atoms with van der Waals surface area (Å²) in [6, 6.07) is 10.7. The third-order valence-electron chi connectivity index (χ3n) is 4.84. The van der Waals surface area contributed by atoms with Crippen molar-refractivity contribution in [3.05, 3.63) is 71.3 Å². The largest absolute Gasteiger partial charge is 0.354 e. The first-order valence-electron chi connectivity index (χ1n) is 9.74. The van der Waals surface area contributed by atoms with Crippen LogP contribution in [0, 0.1) is 11.6 Å². The van der Waals surface area contributed by atoms with E-state index in [1.54, 1.807) is 12.1 Å². The van der Waals surface area contributed by atoms with Crippen molar-refractivity contribution in [3.63, 3.8) is 0 Å². The van der Waals surface area contributed by atoms with Crippen molar-refractivity contribution in [3.8, 4) is 0 Å². The van der Waals surface area contributed by atoms with Crippen molar-refractivity contribution < 1.29 is 18.4 Å². The first-order valence-corrected chi connectivity index (χ1v) is 10.8. The molecule has 2 amide bonds. The second-order valence-electron chi connectivity index (χ2n) is 6.97. The van der Waals surface area contributed by atoms with E-state index < -0.39 is 23.1 Å². The average molecular weight is 419 g/mol. The fourth-order valence-corrected chi connectivity index (χ4v) is 4.75. The zero-order valence-electron chi connectivity index (χ0n) is 16.2. The molecule has 1 saturated heterocycles. The Labute approximate surface area is 173 Å². The molecule has 7 heteroatoms. The number of thioether (sulfide) groups is 1. The molecule has 0 bridgehead atoms. The van der Waals surface area contributed by atoms with Crippen LogP contribution in [-0.4, -0.2) is 35.1 Å². The van der Waals surface area contributed by atoms with Gasteiger partial charge in [0.15, 0.2) is 0 Å². The van der Waals surface area contributed by atoms with Crippen LogP contribution in [0.15, 0.2) is 48.5 Å². The summed E-state index contributed by atoms with van der Waals surface area (Å²) in [6.07, 6.45) is 2.94. The molecule has 0 aromatic heterocycles. The number of hydrogen-bond acceptors (Lipinski definition) is 3. The molecular formula is C22H24F2N2O2S. The molecule has 2 aromatic rings. The maximum Gasteiger partial charge on any atom is 0.255 e. The molecule has 0 saturated carbocycles. The first kappa shape index (κ1) is 21.3. The third kappa shape index (κ3) is 5.15. The van der Waals surface area contributed by atoms with Gasteiger partial charge in [-0.1, -0.05) is 38.0 Å². The van der Waals surface area contributed by atoms with E-state index in [-0.39, 0.29) is 17.3 Å². The molecule has 29 heavy (non-hydrogen) atoms. The second kappa shape index (κ2) is 9.87. The minimum absolute atomic E-state index is 0.184. The molecule has 1 fully saturated rings. The lowest BCUT2D eigenvalue weighted by molar-refractivity contribution is -0.124. The second-order valence-corrected chi connectivity index (χ2v) is 8.09. The van der Waals surface area contributed by atoms with Gasteiger partial charge in [-0.05, 0) is 42.3 Å². The van der Waals surface area contributed by atoms with Gasteiger partial charge in [-0.25, -0.2) is 8.78 Å². The van der Waals surface area contributed by atoms with Crippen LogP contribution < -0.4 is 5.32 Å². The highest BCUT2D eigenvalue weighted by atomic mass is 32.2. The molecule has 0 radical (unpaired) electrons. The minimum Gasteiger partial charge on any atom is -0.354 e. The van der Waals surface area contributed by atoms with Gasteiger partial charge in [-0.2, -0.15) is 0 Å². The molecule has 0 aliphatic carbocycles. The van der Waals surface area contributed by atoms with Gasteiger partial charge < -0.3 is 10.2 Å². The summed E-state index contributed by atoms with van der Waals surface area (Å²) in [7, 11) is 0. The molecule has 1 N–H and O–H groups in total. The Hall–Kier alpha value is -2.41. The highest BCUT2D eigenvalue weighted by Crippen LogP contribution is 2.42. The standard InChI is InChI=1S/C22H24F2N2O2S/c1-2-3-4-12-25-20(27)19-14-29-22(15-8-10-17(23)11-9-15)26(19)21(28)16-6-5-7-18(24)13-16/h5-11,13,19,22H,2-4,12,14H2,1H3,(H,25,27). The van der Waals surface area contributed by atoms with Crippen molar-refractivity contribution in [1.29, 1.82) is 0 Å². The van der Waals surface area contributed by atoms with Gasteiger partial charge in [0.2, 0.25) is 5.91 Å². The molecule has 0 spiro atoms. The number of benzene rings is 2. The quantitative estimate of drug-likeness (QED) is 0.673. The normalized spacial score (nSPS) is 18.7. The predicted molar refractivity (Wildman–Crippen MR) is 110 cm³/mol. The van der Waals surface area contributed by atoms with Gasteiger partial charge in [0.05, 0.1) is 0 Å². The Balaban J connectivity index is 1.86. The van der Waals surface area contributed by atoms with E-state index in [1.807, 2.05) is 0 Å². The van der Waals surface area contributed by atoms with Crippen LogP contribution in [-0.2, 0) is 4.79 Å². The number of amides is 2. The highest BCUT2D eigenvalue weighted by Gasteiger charge is 2.42. The molecular weight excluding hydrogens is 394 g/mol. The Morgan fingerprint density at radius 3 is 2.55 bits per heavy atom. The summed E-state index contributed by atoms with van der Waals surface area (Å²) in [5, 5.41) is 2.46. The smallest absolute Gasteiger partial charge is 0.255 e. The summed E-state index contributed by atoms with van der Waals surface area (Å²) in [5.74, 6) is -1.10. The van der Waals surface area contributed by atoms with Gasteiger partial charge in [0, 0.05) is 17.9 Å². The predicted octanol–water partition coefficient (Wildman–Crippen LogP) is 4.53. The lowest BCUT2D eigenvalue weighted by atomic mass is 10.1. The van der Waals surface area contributed by atoms with Crippen LogP contribution in [0.2, 0.25) is 0 Å². The Kier molecular flexibility index (Phi) is 7.25. The van der Waals surface area contributed by atoms with Crippen molar-refractivity contribution in [2.24, 2.45) is 0 Å². The first-order chi connectivity index (χ1) is 14.0. The third-order valence-corrected chi connectivity index (χ3v) is 6.17. The van der Waals surface area contributed by atoms with E-state index in [0.717, 1.165) is 24.8 Å². The van der Waals surface area contributed by atoms with E-state index in [2.05, 4.69) is 12.2 Å². The maximum atomic E-state index is 13.7. The maximum absolute atomic E-state index is 13.7. The van der Waals surface area contributed by atoms with Crippen LogP contribution in [0.5, 0.6) is 0 Å². The van der Waals surface area contributed by atoms with Crippen molar-refractivity contribution in [2.75, 3.05) is 12.3 Å². The molecule has 1 aliphatic heterocycles. The Bertz CT molecular complexity index is 860. The zero-order chi connectivity index (χ0) is 20.8. The molecule has 1 heterocycles. The van der Waals surface area contributed by atoms with E-state index in [0.29, 0.717) is 12.3 Å². The fraction of sp³-hybridized carbons (Fsp3) is 0.364. The van der Waals surface area contributed by atoms with Gasteiger partial charge in [0.1, 0.15) is 23.1 Å². The number of hydrogen-bond donors (Lipinski definition) is 1. The van der Waals surface area contributed by atoms with Crippen LogP contribution >= 0.6 is 11.8 Å². The molecule has 154 valence electrons. The Morgan fingerprint density at radius 1 is 1.10 bits per heavy atom. The number of unbranched alkanes of at least 4 members (excludes halogenated alkanes) is 2. The van der Waals surface area contributed by atoms with Gasteiger partial charge in [0.25, 0.3) is 5.91 Å². The summed E-state index contributed by atoms with van der Waals surface area (Å²) in [4.78, 5) is 27.5. The lowest BCUT2D eigenvalue weighted by Crippen LogP contribution is -2.48. The molecule has 1 aliphatic rings. The van der Waals surface area contributed by atoms with Crippen LogP contribution in [0.1, 0.15) is 47.5 Å². The summed E-state index contributed by atoms with van der Waals surface area (Å²) >= 11 is 1.44. The van der Waals surface area contributed by atoms with E-state index >= 15 is 0 Å². The SMILES string of the molecule is CCCCCNC(=O)C1CSC(c2ccc(F)cc2)N1C(=O)c1cccc(F)c1. The van der Waals surface area contributed by atoms with Gasteiger partial charge >= 0.3 is 0 Å². The number of nitrogens with zero attached hydrogens (tertiary/aromatic N) is 1. The molecule has 2 unspecified atom stereocenters. The molecule has 2 atom stereocenters. The van der Waals surface area contributed by atoms with Crippen LogP contribution in [0.4, 0.5) is 8.78 Å². The summed E-state index contributed by atoms with van der Waals surface area (Å²) in [6.45, 7) is 2.64. The number of carbonyl (C=O) groups is 2. The number of halogens is 2. The number of rotatable bonds is 7.